The van der Waals surface area contributed by atoms with Crippen molar-refractivity contribution in [3.63, 3.8) is 0 Å². The monoisotopic (exact) mass is 324 g/mol. The highest BCUT2D eigenvalue weighted by atomic mass is 79.9. The second kappa shape index (κ2) is 5.23. The van der Waals surface area contributed by atoms with Gasteiger partial charge in [-0.1, -0.05) is 11.2 Å². The van der Waals surface area contributed by atoms with Crippen LogP contribution in [0.3, 0.4) is 0 Å². The average Bonchev–Trinajstić information content (AvgIpc) is 2.78. The maximum Gasteiger partial charge on any atom is 0.337 e. The first-order chi connectivity index (χ1) is 8.99. The van der Waals surface area contributed by atoms with Crippen LogP contribution in [0.5, 0.6) is 0 Å². The van der Waals surface area contributed by atoms with Crippen molar-refractivity contribution >= 4 is 33.5 Å². The van der Waals surface area contributed by atoms with Gasteiger partial charge in [-0.3, -0.25) is 4.79 Å². The van der Waals surface area contributed by atoms with Crippen LogP contribution in [0.2, 0.25) is 0 Å². The van der Waals surface area contributed by atoms with E-state index in [1.807, 2.05) is 0 Å². The molecule has 0 spiro atoms. The Balaban J connectivity index is 2.33. The summed E-state index contributed by atoms with van der Waals surface area (Å²) < 4.78 is 5.28. The van der Waals surface area contributed by atoms with Gasteiger partial charge in [0.05, 0.1) is 16.9 Å². The number of carboxylic acid groups (broad SMARTS) is 1. The van der Waals surface area contributed by atoms with E-state index in [2.05, 4.69) is 26.4 Å². The predicted molar refractivity (Wildman–Crippen MR) is 70.3 cm³/mol. The smallest absolute Gasteiger partial charge is 0.337 e. The maximum atomic E-state index is 11.9. The zero-order chi connectivity index (χ0) is 14.0. The van der Waals surface area contributed by atoms with E-state index in [9.17, 15) is 9.59 Å². The van der Waals surface area contributed by atoms with E-state index in [1.165, 1.54) is 12.1 Å². The van der Waals surface area contributed by atoms with Crippen molar-refractivity contribution in [1.82, 2.24) is 5.16 Å². The summed E-state index contributed by atoms with van der Waals surface area (Å²) in [5, 5.41) is 15.2. The lowest BCUT2D eigenvalue weighted by molar-refractivity contribution is 0.0698. The van der Waals surface area contributed by atoms with E-state index < -0.39 is 11.9 Å². The normalized spacial score (nSPS) is 10.2. The molecule has 0 bridgehead atoms. The second-order valence-electron chi connectivity index (χ2n) is 3.75. The lowest BCUT2D eigenvalue weighted by Crippen LogP contribution is -2.14. The molecule has 0 aliphatic carbocycles. The number of carbonyl (C=O) groups is 2. The number of benzene rings is 1. The van der Waals surface area contributed by atoms with Crippen LogP contribution in [0.25, 0.3) is 0 Å². The summed E-state index contributed by atoms with van der Waals surface area (Å²) in [6, 6.07) is 6.07. The number of carbonyl (C=O) groups excluding carboxylic acids is 1. The number of hydrogen-bond donors (Lipinski definition) is 2. The van der Waals surface area contributed by atoms with Crippen molar-refractivity contribution in [2.75, 3.05) is 5.32 Å². The molecule has 1 aromatic carbocycles. The number of amides is 1. The van der Waals surface area contributed by atoms with Crippen LogP contribution in [-0.4, -0.2) is 22.1 Å². The molecule has 2 rings (SSSR count). The maximum absolute atomic E-state index is 11.9. The van der Waals surface area contributed by atoms with Crippen molar-refractivity contribution in [3.8, 4) is 0 Å². The number of para-hydroxylation sites is 1. The van der Waals surface area contributed by atoms with Gasteiger partial charge in [-0.05, 0) is 35.0 Å². The van der Waals surface area contributed by atoms with E-state index >= 15 is 0 Å². The number of nitrogens with one attached hydrogen (secondary N) is 1. The van der Waals surface area contributed by atoms with E-state index in [0.717, 1.165) is 0 Å². The quantitative estimate of drug-likeness (QED) is 0.905. The molecule has 0 saturated heterocycles. The highest BCUT2D eigenvalue weighted by molar-refractivity contribution is 9.10. The van der Waals surface area contributed by atoms with Crippen LogP contribution in [0, 0.1) is 6.92 Å². The predicted octanol–water partition coefficient (Wildman–Crippen LogP) is 2.70. The van der Waals surface area contributed by atoms with Gasteiger partial charge < -0.3 is 14.9 Å². The summed E-state index contributed by atoms with van der Waals surface area (Å²) in [5.41, 5.74) is 0.726. The number of nitrogens with zero attached hydrogens (tertiary/aromatic N) is 1. The van der Waals surface area contributed by atoms with Gasteiger partial charge in [0.1, 0.15) is 0 Å². The molecule has 2 N–H and O–H groups in total. The highest BCUT2D eigenvalue weighted by Gasteiger charge is 2.18. The summed E-state index contributed by atoms with van der Waals surface area (Å²) in [5.74, 6) is -1.68. The molecule has 1 aromatic heterocycles. The lowest BCUT2D eigenvalue weighted by Gasteiger charge is -2.08. The van der Waals surface area contributed by atoms with E-state index in [1.54, 1.807) is 19.1 Å². The van der Waals surface area contributed by atoms with Crippen molar-refractivity contribution in [2.24, 2.45) is 0 Å². The molecule has 7 heteroatoms. The Morgan fingerprint density at radius 3 is 2.74 bits per heavy atom. The number of halogens is 1. The van der Waals surface area contributed by atoms with E-state index in [4.69, 9.17) is 9.63 Å². The molecule has 0 radical (unpaired) electrons. The fraction of sp³-hybridized carbons (Fsp3) is 0.0833. The molecule has 0 fully saturated rings. The third-order valence-electron chi connectivity index (χ3n) is 2.33. The molecule has 2 aromatic rings. The van der Waals surface area contributed by atoms with Gasteiger partial charge in [0, 0.05) is 10.5 Å². The number of rotatable bonds is 3. The summed E-state index contributed by atoms with van der Waals surface area (Å²) >= 11 is 3.20. The Labute approximate surface area is 116 Å². The van der Waals surface area contributed by atoms with Gasteiger partial charge in [0.2, 0.25) is 5.76 Å². The Morgan fingerprint density at radius 1 is 1.42 bits per heavy atom. The van der Waals surface area contributed by atoms with Gasteiger partial charge in [-0.15, -0.1) is 0 Å². The number of hydrogen-bond acceptors (Lipinski definition) is 4. The van der Waals surface area contributed by atoms with Crippen LogP contribution < -0.4 is 5.32 Å². The van der Waals surface area contributed by atoms with Gasteiger partial charge in [0.15, 0.2) is 0 Å². The summed E-state index contributed by atoms with van der Waals surface area (Å²) in [4.78, 5) is 23.0. The molecular weight excluding hydrogens is 316 g/mol. The molecule has 6 nitrogen and oxygen atoms in total. The first-order valence-electron chi connectivity index (χ1n) is 5.25. The van der Waals surface area contributed by atoms with Gasteiger partial charge in [0.25, 0.3) is 5.91 Å². The van der Waals surface area contributed by atoms with Crippen LogP contribution in [0.4, 0.5) is 5.69 Å². The number of carboxylic acids is 1. The molecule has 0 atom stereocenters. The SMILES string of the molecule is Cc1cc(C(=O)Nc2c(Br)cccc2C(=O)O)on1. The molecule has 1 heterocycles. The molecule has 0 aliphatic heterocycles. The summed E-state index contributed by atoms with van der Waals surface area (Å²) in [6.07, 6.45) is 0. The van der Waals surface area contributed by atoms with Crippen molar-refractivity contribution in [2.45, 2.75) is 6.92 Å². The van der Waals surface area contributed by atoms with Gasteiger partial charge in [-0.25, -0.2) is 4.79 Å². The molecule has 98 valence electrons. The molecular formula is C12H9BrN2O4. The minimum absolute atomic E-state index is 0.0148. The van der Waals surface area contributed by atoms with Gasteiger partial charge >= 0.3 is 5.97 Å². The topological polar surface area (TPSA) is 92.4 Å². The van der Waals surface area contributed by atoms with Crippen molar-refractivity contribution in [3.05, 3.63) is 45.8 Å². The minimum Gasteiger partial charge on any atom is -0.478 e. The van der Waals surface area contributed by atoms with Crippen molar-refractivity contribution in [1.29, 1.82) is 0 Å². The largest absolute Gasteiger partial charge is 0.478 e. The third-order valence-corrected chi connectivity index (χ3v) is 3.00. The van der Waals surface area contributed by atoms with Crippen LogP contribution in [0.15, 0.2) is 33.3 Å². The molecule has 19 heavy (non-hydrogen) atoms. The Kier molecular flexibility index (Phi) is 3.66. The van der Waals surface area contributed by atoms with E-state index in [0.29, 0.717) is 10.2 Å². The standard InChI is InChI=1S/C12H9BrN2O4/c1-6-5-9(19-15-6)11(16)14-10-7(12(17)18)3-2-4-8(10)13/h2-5H,1H3,(H,14,16)(H,17,18). The zero-order valence-electron chi connectivity index (χ0n) is 9.81. The van der Waals surface area contributed by atoms with Crippen LogP contribution >= 0.6 is 15.9 Å². The van der Waals surface area contributed by atoms with Gasteiger partial charge in [-0.2, -0.15) is 0 Å². The number of aromatic nitrogens is 1. The van der Waals surface area contributed by atoms with Crippen molar-refractivity contribution < 1.29 is 19.2 Å². The fourth-order valence-corrected chi connectivity index (χ4v) is 1.94. The molecule has 1 amide bonds. The van der Waals surface area contributed by atoms with E-state index in [-0.39, 0.29) is 17.0 Å². The number of anilines is 1. The first kappa shape index (κ1) is 13.3. The lowest BCUT2D eigenvalue weighted by atomic mass is 10.2. The molecule has 0 unspecified atom stereocenters. The summed E-state index contributed by atoms with van der Waals surface area (Å²) in [7, 11) is 0. The van der Waals surface area contributed by atoms with Crippen LogP contribution in [0.1, 0.15) is 26.6 Å². The zero-order valence-corrected chi connectivity index (χ0v) is 11.4. The minimum atomic E-state index is -1.13. The average molecular weight is 325 g/mol. The Morgan fingerprint density at radius 2 is 2.16 bits per heavy atom. The second-order valence-corrected chi connectivity index (χ2v) is 4.61. The number of aryl methyl sites for hydroxylation is 1. The molecule has 0 aliphatic rings. The molecule has 0 saturated carbocycles. The Hall–Kier alpha value is -2.15. The first-order valence-corrected chi connectivity index (χ1v) is 6.05. The number of aromatic carboxylic acids is 1. The third kappa shape index (κ3) is 2.82. The fourth-order valence-electron chi connectivity index (χ4n) is 1.48. The summed E-state index contributed by atoms with van der Waals surface area (Å²) in [6.45, 7) is 1.68. The Bertz CT molecular complexity index is 651. The van der Waals surface area contributed by atoms with Crippen LogP contribution in [-0.2, 0) is 0 Å². The highest BCUT2D eigenvalue weighted by Crippen LogP contribution is 2.27.